The number of likely N-dealkylation sites (tertiary alicyclic amines) is 1. The second-order valence-corrected chi connectivity index (χ2v) is 5.83. The van der Waals surface area contributed by atoms with Crippen LogP contribution >= 0.6 is 0 Å². The fourth-order valence-electron chi connectivity index (χ4n) is 2.25. The second kappa shape index (κ2) is 6.50. The van der Waals surface area contributed by atoms with Crippen LogP contribution in [0.3, 0.4) is 0 Å². The molecule has 18 heavy (non-hydrogen) atoms. The Bertz CT molecular complexity index is 268. The Balaban J connectivity index is 2.42. The van der Waals surface area contributed by atoms with Crippen LogP contribution in [0.2, 0.25) is 0 Å². The monoisotopic (exact) mass is 257 g/mol. The SMILES string of the molecule is CCN(CC(C)(C)O)C(=O)CN1CCC(N)CC1. The predicted octanol–water partition coefficient (Wildman–Crippen LogP) is 0.0289. The Labute approximate surface area is 110 Å². The van der Waals surface area contributed by atoms with E-state index in [0.29, 0.717) is 19.6 Å². The van der Waals surface area contributed by atoms with Gasteiger partial charge in [-0.2, -0.15) is 0 Å². The molecule has 5 heteroatoms. The average molecular weight is 257 g/mol. The number of amides is 1. The van der Waals surface area contributed by atoms with Crippen molar-refractivity contribution in [3.8, 4) is 0 Å². The van der Waals surface area contributed by atoms with Gasteiger partial charge >= 0.3 is 0 Å². The summed E-state index contributed by atoms with van der Waals surface area (Å²) in [5, 5.41) is 9.78. The summed E-state index contributed by atoms with van der Waals surface area (Å²) in [6.07, 6.45) is 1.93. The normalized spacial score (nSPS) is 18.9. The average Bonchev–Trinajstić information content (AvgIpc) is 2.27. The van der Waals surface area contributed by atoms with Crippen LogP contribution in [0.1, 0.15) is 33.6 Å². The zero-order valence-electron chi connectivity index (χ0n) is 11.9. The first kappa shape index (κ1) is 15.4. The van der Waals surface area contributed by atoms with Crippen molar-refractivity contribution >= 4 is 5.91 Å². The molecule has 1 amide bonds. The summed E-state index contributed by atoms with van der Waals surface area (Å²) in [7, 11) is 0. The molecule has 0 atom stereocenters. The maximum Gasteiger partial charge on any atom is 0.236 e. The molecule has 0 aromatic heterocycles. The molecule has 5 nitrogen and oxygen atoms in total. The maximum absolute atomic E-state index is 12.1. The quantitative estimate of drug-likeness (QED) is 0.729. The summed E-state index contributed by atoms with van der Waals surface area (Å²) in [5.74, 6) is 0.0927. The number of aliphatic hydroxyl groups is 1. The predicted molar refractivity (Wildman–Crippen MR) is 72.2 cm³/mol. The van der Waals surface area contributed by atoms with Crippen molar-refractivity contribution in [3.05, 3.63) is 0 Å². The number of likely N-dealkylation sites (N-methyl/N-ethyl adjacent to an activating group) is 1. The van der Waals surface area contributed by atoms with Gasteiger partial charge in [0.05, 0.1) is 12.1 Å². The molecule has 0 bridgehead atoms. The van der Waals surface area contributed by atoms with E-state index in [1.54, 1.807) is 18.7 Å². The first-order valence-electron chi connectivity index (χ1n) is 6.80. The van der Waals surface area contributed by atoms with Gasteiger partial charge < -0.3 is 15.7 Å². The van der Waals surface area contributed by atoms with Gasteiger partial charge in [0.2, 0.25) is 5.91 Å². The maximum atomic E-state index is 12.1. The lowest BCUT2D eigenvalue weighted by Crippen LogP contribution is -2.48. The van der Waals surface area contributed by atoms with Gasteiger partial charge in [0.1, 0.15) is 0 Å². The number of nitrogens with two attached hydrogens (primary N) is 1. The molecule has 1 fully saturated rings. The molecule has 1 saturated heterocycles. The van der Waals surface area contributed by atoms with Crippen LogP contribution in [0.25, 0.3) is 0 Å². The largest absolute Gasteiger partial charge is 0.389 e. The van der Waals surface area contributed by atoms with E-state index >= 15 is 0 Å². The summed E-state index contributed by atoms with van der Waals surface area (Å²) in [6, 6.07) is 0.287. The zero-order chi connectivity index (χ0) is 13.8. The molecule has 1 aliphatic heterocycles. The number of carbonyl (C=O) groups is 1. The molecule has 1 aliphatic rings. The summed E-state index contributed by atoms with van der Waals surface area (Å²) in [6.45, 7) is 8.64. The smallest absolute Gasteiger partial charge is 0.236 e. The van der Waals surface area contributed by atoms with Gasteiger partial charge in [-0.05, 0) is 33.6 Å². The summed E-state index contributed by atoms with van der Waals surface area (Å²) in [4.78, 5) is 16.0. The number of rotatable bonds is 5. The van der Waals surface area contributed by atoms with E-state index in [1.807, 2.05) is 6.92 Å². The molecule has 0 aromatic carbocycles. The first-order chi connectivity index (χ1) is 8.31. The van der Waals surface area contributed by atoms with Crippen LogP contribution in [0.5, 0.6) is 0 Å². The molecule has 106 valence electrons. The highest BCUT2D eigenvalue weighted by atomic mass is 16.3. The third-order valence-electron chi connectivity index (χ3n) is 3.30. The molecule has 0 radical (unpaired) electrons. The highest BCUT2D eigenvalue weighted by Crippen LogP contribution is 2.10. The molecule has 0 saturated carbocycles. The van der Waals surface area contributed by atoms with Crippen LogP contribution in [0, 0.1) is 0 Å². The van der Waals surface area contributed by atoms with Crippen LogP contribution in [-0.2, 0) is 4.79 Å². The molecule has 0 spiro atoms. The summed E-state index contributed by atoms with van der Waals surface area (Å²) < 4.78 is 0. The van der Waals surface area contributed by atoms with Crippen molar-refractivity contribution in [2.24, 2.45) is 5.73 Å². The van der Waals surface area contributed by atoms with Crippen molar-refractivity contribution in [3.63, 3.8) is 0 Å². The second-order valence-electron chi connectivity index (χ2n) is 5.83. The van der Waals surface area contributed by atoms with Crippen LogP contribution in [0.15, 0.2) is 0 Å². The number of hydrogen-bond donors (Lipinski definition) is 2. The fraction of sp³-hybridized carbons (Fsp3) is 0.923. The van der Waals surface area contributed by atoms with E-state index in [4.69, 9.17) is 5.73 Å². The van der Waals surface area contributed by atoms with E-state index in [1.165, 1.54) is 0 Å². The topological polar surface area (TPSA) is 69.8 Å². The number of carbonyl (C=O) groups excluding carboxylic acids is 1. The van der Waals surface area contributed by atoms with Crippen molar-refractivity contribution in [1.29, 1.82) is 0 Å². The minimum atomic E-state index is -0.837. The summed E-state index contributed by atoms with van der Waals surface area (Å²) >= 11 is 0. The molecule has 0 aromatic rings. The van der Waals surface area contributed by atoms with Gasteiger partial charge in [-0.3, -0.25) is 9.69 Å². The molecular formula is C13H27N3O2. The van der Waals surface area contributed by atoms with E-state index in [0.717, 1.165) is 25.9 Å². The lowest BCUT2D eigenvalue weighted by atomic mass is 10.1. The van der Waals surface area contributed by atoms with Crippen molar-refractivity contribution in [1.82, 2.24) is 9.80 Å². The van der Waals surface area contributed by atoms with E-state index < -0.39 is 5.60 Å². The minimum Gasteiger partial charge on any atom is -0.389 e. The van der Waals surface area contributed by atoms with Crippen molar-refractivity contribution in [2.75, 3.05) is 32.7 Å². The van der Waals surface area contributed by atoms with Crippen molar-refractivity contribution < 1.29 is 9.90 Å². The van der Waals surface area contributed by atoms with E-state index in [2.05, 4.69) is 4.90 Å². The number of piperidine rings is 1. The van der Waals surface area contributed by atoms with Gasteiger partial charge in [0.15, 0.2) is 0 Å². The highest BCUT2D eigenvalue weighted by Gasteiger charge is 2.24. The van der Waals surface area contributed by atoms with Crippen LogP contribution in [0.4, 0.5) is 0 Å². The Morgan fingerprint density at radius 3 is 2.44 bits per heavy atom. The summed E-state index contributed by atoms with van der Waals surface area (Å²) in [5.41, 5.74) is 5.00. The van der Waals surface area contributed by atoms with Gasteiger partial charge in [-0.25, -0.2) is 0 Å². The van der Waals surface area contributed by atoms with E-state index in [-0.39, 0.29) is 11.9 Å². The van der Waals surface area contributed by atoms with Crippen LogP contribution in [-0.4, -0.2) is 65.2 Å². The molecule has 1 heterocycles. The van der Waals surface area contributed by atoms with Gasteiger partial charge in [-0.15, -0.1) is 0 Å². The lowest BCUT2D eigenvalue weighted by molar-refractivity contribution is -0.135. The standard InChI is InChI=1S/C13H27N3O2/c1-4-16(10-13(2,3)18)12(17)9-15-7-5-11(14)6-8-15/h11,18H,4-10,14H2,1-3H3. The molecule has 1 rings (SSSR count). The van der Waals surface area contributed by atoms with Gasteiger partial charge in [0.25, 0.3) is 0 Å². The third kappa shape index (κ3) is 5.33. The first-order valence-corrected chi connectivity index (χ1v) is 6.80. The Hall–Kier alpha value is -0.650. The third-order valence-corrected chi connectivity index (χ3v) is 3.30. The molecule has 3 N–H and O–H groups in total. The van der Waals surface area contributed by atoms with Crippen LogP contribution < -0.4 is 5.73 Å². The Kier molecular flexibility index (Phi) is 5.56. The zero-order valence-corrected chi connectivity index (χ0v) is 11.9. The van der Waals surface area contributed by atoms with Crippen molar-refractivity contribution in [2.45, 2.75) is 45.3 Å². The van der Waals surface area contributed by atoms with Gasteiger partial charge in [0, 0.05) is 32.2 Å². The minimum absolute atomic E-state index is 0.0927. The Morgan fingerprint density at radius 1 is 1.44 bits per heavy atom. The highest BCUT2D eigenvalue weighted by molar-refractivity contribution is 5.78. The number of nitrogens with zero attached hydrogens (tertiary/aromatic N) is 2. The molecule has 0 aliphatic carbocycles. The van der Waals surface area contributed by atoms with Gasteiger partial charge in [-0.1, -0.05) is 0 Å². The Morgan fingerprint density at radius 2 is 2.00 bits per heavy atom. The fourth-order valence-corrected chi connectivity index (χ4v) is 2.25. The van der Waals surface area contributed by atoms with E-state index in [9.17, 15) is 9.90 Å². The number of hydrogen-bond acceptors (Lipinski definition) is 4. The molecule has 0 unspecified atom stereocenters. The molecular weight excluding hydrogens is 230 g/mol. The lowest BCUT2D eigenvalue weighted by Gasteiger charge is -2.33.